The summed E-state index contributed by atoms with van der Waals surface area (Å²) in [6, 6.07) is 3.62. The van der Waals surface area contributed by atoms with Crippen molar-refractivity contribution in [3.8, 4) is 5.75 Å². The molecule has 210 valence electrons. The molecule has 39 heavy (non-hydrogen) atoms. The predicted molar refractivity (Wildman–Crippen MR) is 129 cm³/mol. The van der Waals surface area contributed by atoms with Crippen molar-refractivity contribution in [2.24, 2.45) is 11.8 Å². The van der Waals surface area contributed by atoms with Crippen LogP contribution in [0.4, 0.5) is 13.2 Å². The molecule has 2 aliphatic rings. The van der Waals surface area contributed by atoms with Gasteiger partial charge in [-0.05, 0) is 43.4 Å². The number of aromatic nitrogens is 1. The van der Waals surface area contributed by atoms with Gasteiger partial charge in [-0.15, -0.1) is 0 Å². The Labute approximate surface area is 221 Å². The van der Waals surface area contributed by atoms with Gasteiger partial charge in [0.25, 0.3) is 0 Å². The predicted octanol–water partition coefficient (Wildman–Crippen LogP) is 4.93. The molecule has 0 spiro atoms. The number of fused-ring (bicyclic) bond motifs is 2. The third-order valence-corrected chi connectivity index (χ3v) is 6.90. The van der Waals surface area contributed by atoms with Gasteiger partial charge in [-0.2, -0.15) is 13.2 Å². The molecule has 1 aromatic heterocycles. The summed E-state index contributed by atoms with van der Waals surface area (Å²) in [6.45, 7) is 8.76. The number of nitrogens with zero attached hydrogens (tertiary/aromatic N) is 1. The van der Waals surface area contributed by atoms with Crippen molar-refractivity contribution in [3.05, 3.63) is 47.2 Å². The largest absolute Gasteiger partial charge is 0.482 e. The normalized spacial score (nSPS) is 21.9. The Morgan fingerprint density at radius 3 is 2.72 bits per heavy atom. The minimum atomic E-state index is -4.68. The van der Waals surface area contributed by atoms with Gasteiger partial charge in [0.2, 0.25) is 0 Å². The quantitative estimate of drug-likeness (QED) is 0.141. The molecule has 0 amide bonds. The van der Waals surface area contributed by atoms with Crippen molar-refractivity contribution >= 4 is 28.9 Å². The molecule has 0 radical (unpaired) electrons. The highest BCUT2D eigenvalue weighted by atomic mass is 19.4. The lowest BCUT2D eigenvalue weighted by Gasteiger charge is -2.37. The van der Waals surface area contributed by atoms with Crippen molar-refractivity contribution in [1.82, 2.24) is 5.16 Å². The van der Waals surface area contributed by atoms with Crippen LogP contribution in [0.3, 0.4) is 0 Å². The molecule has 2 heterocycles. The van der Waals surface area contributed by atoms with Gasteiger partial charge >= 0.3 is 24.1 Å². The molecular weight excluding hydrogens is 523 g/mol. The van der Waals surface area contributed by atoms with Crippen molar-refractivity contribution in [2.45, 2.75) is 58.4 Å². The number of hydrogen-bond donors (Lipinski definition) is 0. The van der Waals surface area contributed by atoms with E-state index in [-0.39, 0.29) is 40.8 Å². The maximum Gasteiger partial charge on any atom is 0.437 e. The molecule has 4 atom stereocenters. The molecule has 2 aromatic rings. The number of alkyl halides is 3. The van der Waals surface area contributed by atoms with E-state index in [9.17, 15) is 27.6 Å². The highest BCUT2D eigenvalue weighted by molar-refractivity contribution is 5.91. The first-order valence-electron chi connectivity index (χ1n) is 12.4. The molecular formula is C27H28F3NO8. The molecule has 0 N–H and O–H groups in total. The maximum absolute atomic E-state index is 13.0. The van der Waals surface area contributed by atoms with E-state index in [2.05, 4.69) is 11.7 Å². The number of hydrogen-bond acceptors (Lipinski definition) is 9. The van der Waals surface area contributed by atoms with E-state index in [4.69, 9.17) is 23.5 Å². The van der Waals surface area contributed by atoms with Crippen LogP contribution in [0.1, 0.15) is 45.7 Å². The van der Waals surface area contributed by atoms with Crippen LogP contribution in [0.2, 0.25) is 0 Å². The topological polar surface area (TPSA) is 114 Å². The lowest BCUT2D eigenvalue weighted by Crippen LogP contribution is -2.41. The SMILES string of the molecule is C=C1C(=O)O[C@@H]2CC(C)=C([C@@H](C)CCCOC(C)=O)[C@@H](OC(=O)COc3ccc4c(C(F)(F)F)noc4c3)[C@H]12. The van der Waals surface area contributed by atoms with Gasteiger partial charge < -0.3 is 23.5 Å². The molecule has 1 saturated heterocycles. The van der Waals surface area contributed by atoms with Gasteiger partial charge in [0.15, 0.2) is 17.9 Å². The Balaban J connectivity index is 1.47. The zero-order chi connectivity index (χ0) is 28.5. The van der Waals surface area contributed by atoms with E-state index in [0.29, 0.717) is 19.3 Å². The zero-order valence-electron chi connectivity index (χ0n) is 21.6. The van der Waals surface area contributed by atoms with Crippen LogP contribution in [0.15, 0.2) is 46.0 Å². The fourth-order valence-electron chi connectivity index (χ4n) is 5.18. The van der Waals surface area contributed by atoms with Crippen LogP contribution in [0.5, 0.6) is 5.75 Å². The molecule has 12 heteroatoms. The molecule has 9 nitrogen and oxygen atoms in total. The number of carbonyl (C=O) groups excluding carboxylic acids is 3. The average Bonchev–Trinajstić information content (AvgIpc) is 3.40. The van der Waals surface area contributed by atoms with E-state index in [1.165, 1.54) is 19.1 Å². The van der Waals surface area contributed by atoms with Gasteiger partial charge in [-0.3, -0.25) is 4.79 Å². The maximum atomic E-state index is 13.0. The van der Waals surface area contributed by atoms with Gasteiger partial charge in [-0.1, -0.05) is 24.2 Å². The summed E-state index contributed by atoms with van der Waals surface area (Å²) >= 11 is 0. The van der Waals surface area contributed by atoms with Crippen LogP contribution in [-0.2, 0) is 34.8 Å². The summed E-state index contributed by atoms with van der Waals surface area (Å²) < 4.78 is 65.7. The third-order valence-electron chi connectivity index (χ3n) is 6.90. The first-order chi connectivity index (χ1) is 18.4. The van der Waals surface area contributed by atoms with Gasteiger partial charge in [0, 0.05) is 25.0 Å². The van der Waals surface area contributed by atoms with Gasteiger partial charge in [0.05, 0.1) is 17.9 Å². The standard InChI is InChI=1S/C27H28F3NO8/c1-13(6-5-9-35-16(4)32)22-14(2)10-20-23(15(3)26(34)37-20)24(22)38-21(33)12-36-17-7-8-18-19(11-17)39-31-25(18)27(28,29)30/h7-8,11,13,20,23-24H,3,5-6,9-10,12H2,1-2,4H3/t13-,20+,23+,24+/m0/s1. The number of benzene rings is 1. The minimum Gasteiger partial charge on any atom is -0.482 e. The number of carbonyl (C=O) groups is 3. The average molecular weight is 552 g/mol. The Morgan fingerprint density at radius 2 is 2.03 bits per heavy atom. The highest BCUT2D eigenvalue weighted by Gasteiger charge is 2.50. The van der Waals surface area contributed by atoms with Crippen LogP contribution < -0.4 is 4.74 Å². The fourth-order valence-corrected chi connectivity index (χ4v) is 5.18. The highest BCUT2D eigenvalue weighted by Crippen LogP contribution is 2.45. The van der Waals surface area contributed by atoms with E-state index >= 15 is 0 Å². The van der Waals surface area contributed by atoms with Crippen LogP contribution in [0, 0.1) is 11.8 Å². The molecule has 0 unspecified atom stereocenters. The molecule has 0 bridgehead atoms. The Kier molecular flexibility index (Phi) is 8.03. The van der Waals surface area contributed by atoms with Crippen molar-refractivity contribution < 1.29 is 51.0 Å². The van der Waals surface area contributed by atoms with E-state index in [1.807, 2.05) is 13.8 Å². The summed E-state index contributed by atoms with van der Waals surface area (Å²) in [5.74, 6) is -2.22. The molecule has 1 fully saturated rings. The summed E-state index contributed by atoms with van der Waals surface area (Å²) in [5, 5.41) is 2.83. The Hall–Kier alpha value is -3.83. The van der Waals surface area contributed by atoms with E-state index in [1.54, 1.807) is 0 Å². The molecule has 0 saturated carbocycles. The summed E-state index contributed by atoms with van der Waals surface area (Å²) in [4.78, 5) is 36.2. The van der Waals surface area contributed by atoms with E-state index < -0.39 is 48.5 Å². The Bertz CT molecular complexity index is 1330. The third kappa shape index (κ3) is 6.10. The van der Waals surface area contributed by atoms with Gasteiger partial charge in [-0.25, -0.2) is 9.59 Å². The first-order valence-corrected chi connectivity index (χ1v) is 12.4. The first kappa shape index (κ1) is 28.2. The van der Waals surface area contributed by atoms with Gasteiger partial charge in [0.1, 0.15) is 18.0 Å². The number of rotatable bonds is 9. The molecule has 4 rings (SSSR count). The lowest BCUT2D eigenvalue weighted by atomic mass is 9.73. The molecule has 1 aliphatic heterocycles. The number of ether oxygens (including phenoxy) is 4. The Morgan fingerprint density at radius 1 is 1.28 bits per heavy atom. The fraction of sp³-hybridized carbons (Fsp3) is 0.481. The van der Waals surface area contributed by atoms with E-state index in [0.717, 1.165) is 17.2 Å². The zero-order valence-corrected chi connectivity index (χ0v) is 21.6. The molecule has 1 aliphatic carbocycles. The van der Waals surface area contributed by atoms with Crippen molar-refractivity contribution in [2.75, 3.05) is 13.2 Å². The van der Waals surface area contributed by atoms with Crippen LogP contribution >= 0.6 is 0 Å². The van der Waals surface area contributed by atoms with Crippen LogP contribution in [0.25, 0.3) is 11.0 Å². The number of esters is 3. The van der Waals surface area contributed by atoms with Crippen molar-refractivity contribution in [3.63, 3.8) is 0 Å². The second-order valence-corrected chi connectivity index (χ2v) is 9.70. The summed E-state index contributed by atoms with van der Waals surface area (Å²) in [6.07, 6.45) is -4.32. The van der Waals surface area contributed by atoms with Crippen LogP contribution in [-0.4, -0.2) is 48.5 Å². The smallest absolute Gasteiger partial charge is 0.437 e. The summed E-state index contributed by atoms with van der Waals surface area (Å²) in [7, 11) is 0. The van der Waals surface area contributed by atoms with Crippen molar-refractivity contribution in [1.29, 1.82) is 0 Å². The second-order valence-electron chi connectivity index (χ2n) is 9.70. The number of halogens is 3. The second kappa shape index (κ2) is 11.1. The summed E-state index contributed by atoms with van der Waals surface area (Å²) in [5.41, 5.74) is 0.681. The molecule has 1 aromatic carbocycles. The minimum absolute atomic E-state index is 0.0691. The lowest BCUT2D eigenvalue weighted by molar-refractivity contribution is -0.154. The monoisotopic (exact) mass is 551 g/mol.